The van der Waals surface area contributed by atoms with Crippen molar-refractivity contribution in [1.29, 1.82) is 0 Å². The molecule has 116 valence electrons. The Kier molecular flexibility index (Phi) is 6.74. The fourth-order valence-corrected chi connectivity index (χ4v) is 2.13. The molecule has 3 N–H and O–H groups in total. The Balaban J connectivity index is 2.62. The van der Waals surface area contributed by atoms with E-state index < -0.39 is 18.0 Å². The zero-order valence-electron chi connectivity index (χ0n) is 12.0. The van der Waals surface area contributed by atoms with Gasteiger partial charge in [-0.05, 0) is 25.7 Å². The van der Waals surface area contributed by atoms with E-state index in [-0.39, 0.29) is 19.1 Å². The number of carbonyl (C=O) groups is 2. The molecule has 0 aliphatic heterocycles. The lowest BCUT2D eigenvalue weighted by molar-refractivity contribution is -0.139. The second-order valence-corrected chi connectivity index (χ2v) is 5.12. The van der Waals surface area contributed by atoms with E-state index in [1.165, 1.54) is 0 Å². The van der Waals surface area contributed by atoms with E-state index >= 15 is 0 Å². The van der Waals surface area contributed by atoms with Crippen molar-refractivity contribution >= 4 is 12.0 Å². The van der Waals surface area contributed by atoms with Gasteiger partial charge in [0.1, 0.15) is 6.04 Å². The van der Waals surface area contributed by atoms with Gasteiger partial charge in [0, 0.05) is 32.7 Å². The Morgan fingerprint density at radius 1 is 1.45 bits per heavy atom. The molecule has 1 unspecified atom stereocenters. The van der Waals surface area contributed by atoms with Crippen LogP contribution in [0.25, 0.3) is 0 Å². The molecule has 2 atom stereocenters. The van der Waals surface area contributed by atoms with E-state index in [4.69, 9.17) is 14.9 Å². The van der Waals surface area contributed by atoms with Gasteiger partial charge in [0.15, 0.2) is 0 Å². The molecule has 0 aromatic carbocycles. The first kappa shape index (κ1) is 16.7. The van der Waals surface area contributed by atoms with Crippen LogP contribution in [-0.4, -0.2) is 66.1 Å². The summed E-state index contributed by atoms with van der Waals surface area (Å²) in [7, 11) is 1.56. The summed E-state index contributed by atoms with van der Waals surface area (Å²) in [5, 5.41) is 20.3. The summed E-state index contributed by atoms with van der Waals surface area (Å²) in [5.74, 6) is -0.656. The predicted octanol–water partition coefficient (Wildman–Crippen LogP) is 0.279. The minimum Gasteiger partial charge on any atom is -0.480 e. The summed E-state index contributed by atoms with van der Waals surface area (Å²) in [6.07, 6.45) is 2.19. The van der Waals surface area contributed by atoms with Crippen molar-refractivity contribution in [2.45, 2.75) is 38.3 Å². The average Bonchev–Trinajstić information content (AvgIpc) is 3.22. The number of hydrogen-bond acceptors (Lipinski definition) is 4. The molecule has 0 radical (unpaired) electrons. The van der Waals surface area contributed by atoms with Crippen molar-refractivity contribution < 1.29 is 24.5 Å². The van der Waals surface area contributed by atoms with Crippen molar-refractivity contribution in [2.24, 2.45) is 5.92 Å². The second kappa shape index (κ2) is 8.06. The lowest BCUT2D eigenvalue weighted by atomic mass is 10.2. The van der Waals surface area contributed by atoms with Gasteiger partial charge in [-0.3, -0.25) is 0 Å². The van der Waals surface area contributed by atoms with Crippen LogP contribution in [0.2, 0.25) is 0 Å². The number of aliphatic hydroxyl groups excluding tert-OH is 1. The van der Waals surface area contributed by atoms with Crippen LogP contribution in [0.4, 0.5) is 4.79 Å². The highest BCUT2D eigenvalue weighted by molar-refractivity contribution is 5.82. The molecule has 0 spiro atoms. The molecular formula is C13H24N2O5. The number of carbonyl (C=O) groups excluding carboxylic acids is 1. The third-order valence-corrected chi connectivity index (χ3v) is 3.61. The molecule has 7 heteroatoms. The molecular weight excluding hydrogens is 264 g/mol. The van der Waals surface area contributed by atoms with Gasteiger partial charge in [-0.25, -0.2) is 9.59 Å². The number of urea groups is 1. The van der Waals surface area contributed by atoms with E-state index in [9.17, 15) is 9.59 Å². The number of hydrogen-bond donors (Lipinski definition) is 3. The van der Waals surface area contributed by atoms with Crippen LogP contribution in [0.15, 0.2) is 0 Å². The summed E-state index contributed by atoms with van der Waals surface area (Å²) in [6, 6.07) is -1.42. The summed E-state index contributed by atoms with van der Waals surface area (Å²) in [4.78, 5) is 24.9. The lowest BCUT2D eigenvalue weighted by Gasteiger charge is -2.30. The number of rotatable bonds is 9. The summed E-state index contributed by atoms with van der Waals surface area (Å²) in [5.41, 5.74) is 0. The predicted molar refractivity (Wildman–Crippen MR) is 72.4 cm³/mol. The quantitative estimate of drug-likeness (QED) is 0.566. The van der Waals surface area contributed by atoms with Crippen LogP contribution in [0.5, 0.6) is 0 Å². The van der Waals surface area contributed by atoms with E-state index in [0.717, 1.165) is 12.8 Å². The van der Waals surface area contributed by atoms with Gasteiger partial charge in [-0.15, -0.1) is 0 Å². The summed E-state index contributed by atoms with van der Waals surface area (Å²) in [6.45, 7) is 2.51. The monoisotopic (exact) mass is 288 g/mol. The minimum atomic E-state index is -1.14. The maximum absolute atomic E-state index is 12.2. The van der Waals surface area contributed by atoms with Gasteiger partial charge >= 0.3 is 12.0 Å². The Labute approximate surface area is 118 Å². The van der Waals surface area contributed by atoms with Crippen molar-refractivity contribution in [3.8, 4) is 0 Å². The van der Waals surface area contributed by atoms with Crippen LogP contribution in [-0.2, 0) is 9.53 Å². The number of nitrogens with one attached hydrogen (secondary N) is 1. The van der Waals surface area contributed by atoms with E-state index in [0.29, 0.717) is 19.1 Å². The Morgan fingerprint density at radius 2 is 2.10 bits per heavy atom. The van der Waals surface area contributed by atoms with Crippen molar-refractivity contribution in [3.63, 3.8) is 0 Å². The maximum atomic E-state index is 12.2. The van der Waals surface area contributed by atoms with Gasteiger partial charge in [0.25, 0.3) is 0 Å². The Bertz CT molecular complexity index is 333. The van der Waals surface area contributed by atoms with Crippen LogP contribution in [0.1, 0.15) is 26.2 Å². The molecule has 7 nitrogen and oxygen atoms in total. The molecule has 0 aromatic heterocycles. The number of aliphatic carboxylic acids is 1. The van der Waals surface area contributed by atoms with Crippen molar-refractivity contribution in [2.75, 3.05) is 26.9 Å². The van der Waals surface area contributed by atoms with Gasteiger partial charge < -0.3 is 25.2 Å². The van der Waals surface area contributed by atoms with Crippen LogP contribution in [0, 0.1) is 5.92 Å². The highest BCUT2D eigenvalue weighted by Crippen LogP contribution is 2.35. The second-order valence-electron chi connectivity index (χ2n) is 5.12. The topological polar surface area (TPSA) is 99.1 Å². The summed E-state index contributed by atoms with van der Waals surface area (Å²) < 4.78 is 4.99. The average molecular weight is 288 g/mol. The smallest absolute Gasteiger partial charge is 0.326 e. The fourth-order valence-electron chi connectivity index (χ4n) is 2.13. The van der Waals surface area contributed by atoms with Crippen LogP contribution >= 0.6 is 0 Å². The number of carboxylic acid groups (broad SMARTS) is 1. The first-order valence-corrected chi connectivity index (χ1v) is 6.91. The molecule has 1 aliphatic rings. The minimum absolute atomic E-state index is 0.00298. The first-order valence-electron chi connectivity index (χ1n) is 6.91. The molecule has 1 saturated carbocycles. The van der Waals surface area contributed by atoms with Crippen LogP contribution in [0.3, 0.4) is 0 Å². The van der Waals surface area contributed by atoms with Crippen molar-refractivity contribution in [3.05, 3.63) is 0 Å². The third kappa shape index (κ3) is 4.97. The highest BCUT2D eigenvalue weighted by atomic mass is 16.5. The molecule has 20 heavy (non-hydrogen) atoms. The molecule has 1 fully saturated rings. The zero-order chi connectivity index (χ0) is 15.1. The molecule has 2 amide bonds. The van der Waals surface area contributed by atoms with E-state index in [1.807, 2.05) is 6.92 Å². The van der Waals surface area contributed by atoms with Gasteiger partial charge in [-0.1, -0.05) is 0 Å². The molecule has 0 aromatic rings. The molecule has 0 heterocycles. The molecule has 0 bridgehead atoms. The zero-order valence-corrected chi connectivity index (χ0v) is 12.0. The number of ether oxygens (including phenoxy) is 1. The molecule has 1 aliphatic carbocycles. The summed E-state index contributed by atoms with van der Waals surface area (Å²) >= 11 is 0. The van der Waals surface area contributed by atoms with E-state index in [2.05, 4.69) is 5.32 Å². The highest BCUT2D eigenvalue weighted by Gasteiger charge is 2.35. The Hall–Kier alpha value is -1.34. The van der Waals surface area contributed by atoms with Gasteiger partial charge in [0.2, 0.25) is 0 Å². The number of nitrogens with zero attached hydrogens (tertiary/aromatic N) is 1. The standard InChI is InChI=1S/C13H24N2O5/c1-9(10-3-4-10)15(6-8-20-2)13(19)14-11(5-7-16)12(17)18/h9-11,16H,3-8H2,1-2H3,(H,14,19)(H,17,18)/t9?,11-/m0/s1. The number of carboxylic acids is 1. The Morgan fingerprint density at radius 3 is 2.55 bits per heavy atom. The van der Waals surface area contributed by atoms with E-state index in [1.54, 1.807) is 12.0 Å². The molecule has 0 saturated heterocycles. The van der Waals surface area contributed by atoms with Crippen LogP contribution < -0.4 is 5.32 Å². The first-order chi connectivity index (χ1) is 9.51. The maximum Gasteiger partial charge on any atom is 0.326 e. The number of amides is 2. The van der Waals surface area contributed by atoms with Gasteiger partial charge in [0.05, 0.1) is 6.61 Å². The normalized spacial score (nSPS) is 17.4. The SMILES string of the molecule is COCCN(C(=O)N[C@@H](CCO)C(=O)O)C(C)C1CC1. The van der Waals surface area contributed by atoms with Crippen molar-refractivity contribution in [1.82, 2.24) is 10.2 Å². The lowest BCUT2D eigenvalue weighted by Crippen LogP contribution is -2.52. The number of aliphatic hydroxyl groups is 1. The fraction of sp³-hybridized carbons (Fsp3) is 0.846. The number of methoxy groups -OCH3 is 1. The largest absolute Gasteiger partial charge is 0.480 e. The molecule has 1 rings (SSSR count). The third-order valence-electron chi connectivity index (χ3n) is 3.61. The van der Waals surface area contributed by atoms with Gasteiger partial charge in [-0.2, -0.15) is 0 Å².